The molecule has 5 nitrogen and oxygen atoms in total. The molecule has 3 aromatic rings. The van der Waals surface area contributed by atoms with E-state index in [0.717, 1.165) is 15.4 Å². The second-order valence-corrected chi connectivity index (χ2v) is 6.27. The van der Waals surface area contributed by atoms with Crippen molar-refractivity contribution in [3.05, 3.63) is 71.6 Å². The van der Waals surface area contributed by atoms with Gasteiger partial charge in [-0.25, -0.2) is 10.9 Å². The van der Waals surface area contributed by atoms with E-state index >= 15 is 0 Å². The molecule has 0 unspecified atom stereocenters. The number of rotatable bonds is 4. The van der Waals surface area contributed by atoms with Crippen molar-refractivity contribution in [1.29, 1.82) is 0 Å². The smallest absolute Gasteiger partial charge is 0.308 e. The number of carbonyl (C=O) groups is 2. The van der Waals surface area contributed by atoms with E-state index in [1.54, 1.807) is 35.6 Å². The maximum absolute atomic E-state index is 12.6. The molecule has 2 aromatic carbocycles. The molecule has 2 N–H and O–H groups in total. The number of carbonyl (C=O) groups excluding carboxylic acids is 2. The first-order valence-corrected chi connectivity index (χ1v) is 8.44. The summed E-state index contributed by atoms with van der Waals surface area (Å²) < 4.78 is 5.01. The lowest BCUT2D eigenvalue weighted by molar-refractivity contribution is -0.131. The van der Waals surface area contributed by atoms with Gasteiger partial charge in [0.05, 0.1) is 5.69 Å². The normalized spacial score (nSPS) is 10.3. The molecule has 25 heavy (non-hydrogen) atoms. The summed E-state index contributed by atoms with van der Waals surface area (Å²) in [5, 5.41) is 3.08. The van der Waals surface area contributed by atoms with Gasteiger partial charge in [-0.3, -0.25) is 9.59 Å². The van der Waals surface area contributed by atoms with E-state index in [4.69, 9.17) is 10.6 Å². The number of hydrogen-bond acceptors (Lipinski definition) is 5. The molecule has 0 saturated carbocycles. The van der Waals surface area contributed by atoms with Crippen molar-refractivity contribution in [2.45, 2.75) is 6.92 Å². The lowest BCUT2D eigenvalue weighted by Gasteiger charge is -2.18. The minimum Gasteiger partial charge on any atom is -0.427 e. The fourth-order valence-corrected chi connectivity index (χ4v) is 3.09. The van der Waals surface area contributed by atoms with E-state index in [2.05, 4.69) is 0 Å². The molecule has 0 aliphatic rings. The van der Waals surface area contributed by atoms with Gasteiger partial charge in [0.15, 0.2) is 0 Å². The molecule has 0 saturated heterocycles. The van der Waals surface area contributed by atoms with Crippen LogP contribution in [0.3, 0.4) is 0 Å². The highest BCUT2D eigenvalue weighted by molar-refractivity contribution is 7.13. The maximum Gasteiger partial charge on any atom is 0.308 e. The quantitative estimate of drug-likeness (QED) is 0.254. The number of esters is 1. The molecule has 3 rings (SSSR count). The topological polar surface area (TPSA) is 72.6 Å². The summed E-state index contributed by atoms with van der Waals surface area (Å²) in [4.78, 5) is 24.8. The lowest BCUT2D eigenvalue weighted by Crippen LogP contribution is -2.37. The van der Waals surface area contributed by atoms with Crippen LogP contribution in [0.15, 0.2) is 66.0 Å². The molecule has 0 bridgehead atoms. The third-order valence-electron chi connectivity index (χ3n) is 3.49. The van der Waals surface area contributed by atoms with Gasteiger partial charge in [0.25, 0.3) is 5.91 Å². The summed E-state index contributed by atoms with van der Waals surface area (Å²) in [6, 6.07) is 17.8. The van der Waals surface area contributed by atoms with E-state index < -0.39 is 11.9 Å². The summed E-state index contributed by atoms with van der Waals surface area (Å²) in [5.74, 6) is 5.49. The number of amides is 1. The summed E-state index contributed by atoms with van der Waals surface area (Å²) in [5.41, 5.74) is 1.90. The van der Waals surface area contributed by atoms with Crippen LogP contribution in [0, 0.1) is 0 Å². The summed E-state index contributed by atoms with van der Waals surface area (Å²) in [7, 11) is 0. The third kappa shape index (κ3) is 3.93. The van der Waals surface area contributed by atoms with Crippen LogP contribution >= 0.6 is 11.3 Å². The van der Waals surface area contributed by atoms with Gasteiger partial charge in [-0.15, -0.1) is 11.3 Å². The second kappa shape index (κ2) is 7.29. The van der Waals surface area contributed by atoms with Gasteiger partial charge < -0.3 is 4.74 Å². The fourth-order valence-electron chi connectivity index (χ4n) is 2.37. The number of nitrogens with two attached hydrogens (primary N) is 1. The Labute approximate surface area is 149 Å². The molecule has 0 fully saturated rings. The largest absolute Gasteiger partial charge is 0.427 e. The summed E-state index contributed by atoms with van der Waals surface area (Å²) in [6.45, 7) is 1.31. The molecule has 1 amide bonds. The number of hydrazine groups is 1. The van der Waals surface area contributed by atoms with Gasteiger partial charge in [-0.05, 0) is 47.3 Å². The molecule has 0 aliphatic carbocycles. The molecule has 126 valence electrons. The van der Waals surface area contributed by atoms with Crippen LogP contribution in [0.1, 0.15) is 17.3 Å². The molecule has 0 atom stereocenters. The Morgan fingerprint density at radius 2 is 1.84 bits per heavy atom. The zero-order chi connectivity index (χ0) is 17.8. The summed E-state index contributed by atoms with van der Waals surface area (Å²) in [6.07, 6.45) is 0. The molecule has 1 aromatic heterocycles. The molecule has 1 heterocycles. The molecule has 0 spiro atoms. The first-order chi connectivity index (χ1) is 12.0. The van der Waals surface area contributed by atoms with Crippen LogP contribution in [0.2, 0.25) is 0 Å². The minimum atomic E-state index is -0.446. The van der Waals surface area contributed by atoms with Crippen molar-refractivity contribution in [3.63, 3.8) is 0 Å². The van der Waals surface area contributed by atoms with Crippen molar-refractivity contribution < 1.29 is 14.3 Å². The van der Waals surface area contributed by atoms with Crippen molar-refractivity contribution in [2.24, 2.45) is 5.84 Å². The molecular formula is C19H16N2O3S. The Morgan fingerprint density at radius 1 is 1.04 bits per heavy atom. The van der Waals surface area contributed by atoms with Crippen molar-refractivity contribution in [1.82, 2.24) is 0 Å². The van der Waals surface area contributed by atoms with Gasteiger partial charge in [0, 0.05) is 17.4 Å². The van der Waals surface area contributed by atoms with E-state index in [1.165, 1.54) is 13.0 Å². The summed E-state index contributed by atoms with van der Waals surface area (Å²) >= 11 is 1.62. The van der Waals surface area contributed by atoms with Crippen LogP contribution in [0.4, 0.5) is 5.69 Å². The van der Waals surface area contributed by atoms with Gasteiger partial charge in [0.1, 0.15) is 5.75 Å². The highest BCUT2D eigenvalue weighted by atomic mass is 32.1. The number of ether oxygens (including phenoxy) is 1. The Balaban J connectivity index is 1.85. The number of anilines is 1. The minimum absolute atomic E-state index is 0.305. The standard InChI is InChI=1S/C19H16N2O3S/c1-13(22)24-17-8-3-6-15(12-17)19(23)21(20)16-7-2-5-14(11-16)18-9-4-10-25-18/h2-12H,20H2,1H3. The average molecular weight is 352 g/mol. The SMILES string of the molecule is CC(=O)Oc1cccc(C(=O)N(N)c2cccc(-c3cccs3)c2)c1. The predicted molar refractivity (Wildman–Crippen MR) is 98.5 cm³/mol. The monoisotopic (exact) mass is 352 g/mol. The van der Waals surface area contributed by atoms with Crippen LogP contribution in [-0.4, -0.2) is 11.9 Å². The Kier molecular flexibility index (Phi) is 4.92. The molecular weight excluding hydrogens is 336 g/mol. The highest BCUT2D eigenvalue weighted by Crippen LogP contribution is 2.28. The van der Waals surface area contributed by atoms with Crippen LogP contribution in [0.5, 0.6) is 5.75 Å². The van der Waals surface area contributed by atoms with Crippen molar-refractivity contribution >= 4 is 28.9 Å². The fraction of sp³-hybridized carbons (Fsp3) is 0.0526. The van der Waals surface area contributed by atoms with Crippen LogP contribution in [-0.2, 0) is 4.79 Å². The number of hydrogen-bond donors (Lipinski definition) is 1. The predicted octanol–water partition coefficient (Wildman–Crippen LogP) is 3.86. The van der Waals surface area contributed by atoms with Crippen molar-refractivity contribution in [2.75, 3.05) is 5.01 Å². The molecule has 0 aliphatic heterocycles. The molecule has 0 radical (unpaired) electrons. The van der Waals surface area contributed by atoms with Crippen LogP contribution < -0.4 is 15.6 Å². The van der Waals surface area contributed by atoms with E-state index in [-0.39, 0.29) is 0 Å². The van der Waals surface area contributed by atoms with E-state index in [1.807, 2.05) is 35.7 Å². The Hall–Kier alpha value is -2.96. The number of thiophene rings is 1. The van der Waals surface area contributed by atoms with Gasteiger partial charge in [0.2, 0.25) is 0 Å². The third-order valence-corrected chi connectivity index (χ3v) is 4.41. The van der Waals surface area contributed by atoms with Gasteiger partial charge in [-0.2, -0.15) is 0 Å². The van der Waals surface area contributed by atoms with Crippen molar-refractivity contribution in [3.8, 4) is 16.2 Å². The van der Waals surface area contributed by atoms with Gasteiger partial charge >= 0.3 is 5.97 Å². The number of nitrogens with zero attached hydrogens (tertiary/aromatic N) is 1. The highest BCUT2D eigenvalue weighted by Gasteiger charge is 2.16. The van der Waals surface area contributed by atoms with E-state index in [0.29, 0.717) is 17.0 Å². The Morgan fingerprint density at radius 3 is 2.56 bits per heavy atom. The first kappa shape index (κ1) is 16.9. The average Bonchev–Trinajstić information content (AvgIpc) is 3.15. The maximum atomic E-state index is 12.6. The van der Waals surface area contributed by atoms with E-state index in [9.17, 15) is 9.59 Å². The number of benzene rings is 2. The first-order valence-electron chi connectivity index (χ1n) is 7.56. The second-order valence-electron chi connectivity index (χ2n) is 5.32. The van der Waals surface area contributed by atoms with Crippen LogP contribution in [0.25, 0.3) is 10.4 Å². The zero-order valence-corrected chi connectivity index (χ0v) is 14.3. The molecule has 6 heteroatoms. The zero-order valence-electron chi connectivity index (χ0n) is 13.5. The Bertz CT molecular complexity index is 907. The lowest BCUT2D eigenvalue weighted by atomic mass is 10.1. The van der Waals surface area contributed by atoms with Gasteiger partial charge in [-0.1, -0.05) is 24.3 Å².